The van der Waals surface area contributed by atoms with Gasteiger partial charge in [-0.15, -0.1) is 0 Å². The van der Waals surface area contributed by atoms with E-state index in [2.05, 4.69) is 0 Å². The Hall–Kier alpha value is -0.160. The highest BCUT2D eigenvalue weighted by Crippen LogP contribution is 2.17. The molecule has 3 N–H and O–H groups in total. The molecule has 3 unspecified atom stereocenters. The molecule has 0 aromatic rings. The number of ether oxygens (including phenoxy) is 1. The third kappa shape index (κ3) is 4.37. The highest BCUT2D eigenvalue weighted by atomic mass is 16.6. The highest BCUT2D eigenvalue weighted by molar-refractivity contribution is 4.76. The molecule has 0 heterocycles. The standard InChI is InChI=1S/C10H22O4/c1-5-9(3,12)7-14-8(11)10(4,13)6-2/h8,11-13H,5-7H2,1-4H3. The first-order chi connectivity index (χ1) is 6.25. The molecule has 0 aromatic carbocycles. The van der Waals surface area contributed by atoms with Crippen molar-refractivity contribution in [1.82, 2.24) is 0 Å². The SMILES string of the molecule is CCC(C)(O)COC(O)C(C)(O)CC. The molecule has 0 aliphatic rings. The molecule has 0 saturated heterocycles. The van der Waals surface area contributed by atoms with Crippen molar-refractivity contribution < 1.29 is 20.1 Å². The average Bonchev–Trinajstić information content (AvgIpc) is 2.14. The first kappa shape index (κ1) is 13.8. The molecule has 4 heteroatoms. The van der Waals surface area contributed by atoms with Crippen LogP contribution in [0.1, 0.15) is 40.5 Å². The molecule has 0 spiro atoms. The van der Waals surface area contributed by atoms with Gasteiger partial charge in [0.05, 0.1) is 12.2 Å². The average molecular weight is 206 g/mol. The van der Waals surface area contributed by atoms with Crippen LogP contribution in [-0.4, -0.2) is 39.4 Å². The van der Waals surface area contributed by atoms with Gasteiger partial charge in [-0.1, -0.05) is 13.8 Å². The molecule has 0 amide bonds. The second-order valence-corrected chi connectivity index (χ2v) is 4.22. The highest BCUT2D eigenvalue weighted by Gasteiger charge is 2.31. The lowest BCUT2D eigenvalue weighted by Crippen LogP contribution is -2.43. The normalized spacial score (nSPS) is 22.5. The van der Waals surface area contributed by atoms with Crippen LogP contribution in [0, 0.1) is 0 Å². The van der Waals surface area contributed by atoms with Gasteiger partial charge in [0.2, 0.25) is 0 Å². The molecule has 14 heavy (non-hydrogen) atoms. The van der Waals surface area contributed by atoms with Gasteiger partial charge in [0.25, 0.3) is 0 Å². The maximum atomic E-state index is 9.60. The summed E-state index contributed by atoms with van der Waals surface area (Å²) in [7, 11) is 0. The smallest absolute Gasteiger partial charge is 0.183 e. The Balaban J connectivity index is 4.02. The number of hydrogen-bond donors (Lipinski definition) is 3. The Morgan fingerprint density at radius 3 is 2.00 bits per heavy atom. The van der Waals surface area contributed by atoms with Crippen LogP contribution in [-0.2, 0) is 4.74 Å². The summed E-state index contributed by atoms with van der Waals surface area (Å²) in [6.45, 7) is 6.72. The third-order valence-electron chi connectivity index (χ3n) is 2.56. The van der Waals surface area contributed by atoms with E-state index in [1.165, 1.54) is 6.92 Å². The van der Waals surface area contributed by atoms with Crippen LogP contribution in [0.2, 0.25) is 0 Å². The van der Waals surface area contributed by atoms with E-state index in [1.54, 1.807) is 13.8 Å². The number of hydrogen-bond acceptors (Lipinski definition) is 4. The topological polar surface area (TPSA) is 69.9 Å². The number of aliphatic hydroxyl groups is 3. The Labute approximate surface area is 85.5 Å². The summed E-state index contributed by atoms with van der Waals surface area (Å²) in [5, 5.41) is 28.6. The van der Waals surface area contributed by atoms with Crippen LogP contribution < -0.4 is 0 Å². The predicted molar refractivity (Wildman–Crippen MR) is 53.8 cm³/mol. The van der Waals surface area contributed by atoms with Crippen LogP contribution >= 0.6 is 0 Å². The van der Waals surface area contributed by atoms with E-state index in [9.17, 15) is 15.3 Å². The van der Waals surface area contributed by atoms with E-state index in [0.717, 1.165) is 0 Å². The van der Waals surface area contributed by atoms with E-state index < -0.39 is 17.5 Å². The summed E-state index contributed by atoms with van der Waals surface area (Å²) in [4.78, 5) is 0. The van der Waals surface area contributed by atoms with Gasteiger partial charge in [0.15, 0.2) is 6.29 Å². The minimum absolute atomic E-state index is 0.0147. The fourth-order valence-electron chi connectivity index (χ4n) is 0.715. The summed E-state index contributed by atoms with van der Waals surface area (Å²) in [6, 6.07) is 0. The fourth-order valence-corrected chi connectivity index (χ4v) is 0.715. The lowest BCUT2D eigenvalue weighted by atomic mass is 10.0. The van der Waals surface area contributed by atoms with Gasteiger partial charge in [0.1, 0.15) is 5.60 Å². The monoisotopic (exact) mass is 206 g/mol. The first-order valence-electron chi connectivity index (χ1n) is 4.99. The van der Waals surface area contributed by atoms with Gasteiger partial charge in [-0.25, -0.2) is 0 Å². The van der Waals surface area contributed by atoms with Crippen LogP contribution in [0.5, 0.6) is 0 Å². The van der Waals surface area contributed by atoms with Gasteiger partial charge in [-0.2, -0.15) is 0 Å². The first-order valence-corrected chi connectivity index (χ1v) is 4.99. The lowest BCUT2D eigenvalue weighted by molar-refractivity contribution is -0.225. The summed E-state index contributed by atoms with van der Waals surface area (Å²) >= 11 is 0. The Morgan fingerprint density at radius 2 is 1.64 bits per heavy atom. The Bertz CT molecular complexity index is 166. The van der Waals surface area contributed by atoms with Crippen molar-refractivity contribution in [2.45, 2.75) is 58.0 Å². The van der Waals surface area contributed by atoms with Crippen molar-refractivity contribution in [1.29, 1.82) is 0 Å². The van der Waals surface area contributed by atoms with Gasteiger partial charge in [-0.05, 0) is 26.7 Å². The van der Waals surface area contributed by atoms with E-state index in [4.69, 9.17) is 4.74 Å². The van der Waals surface area contributed by atoms with Crippen LogP contribution in [0.3, 0.4) is 0 Å². The van der Waals surface area contributed by atoms with Crippen molar-refractivity contribution in [3.05, 3.63) is 0 Å². The quantitative estimate of drug-likeness (QED) is 0.558. The van der Waals surface area contributed by atoms with E-state index in [0.29, 0.717) is 12.8 Å². The molecule has 0 aliphatic heterocycles. The second-order valence-electron chi connectivity index (χ2n) is 4.22. The van der Waals surface area contributed by atoms with Crippen molar-refractivity contribution in [3.8, 4) is 0 Å². The maximum Gasteiger partial charge on any atom is 0.183 e. The minimum atomic E-state index is -1.26. The van der Waals surface area contributed by atoms with E-state index in [-0.39, 0.29) is 6.61 Å². The Morgan fingerprint density at radius 1 is 1.14 bits per heavy atom. The van der Waals surface area contributed by atoms with Crippen LogP contribution in [0.15, 0.2) is 0 Å². The van der Waals surface area contributed by atoms with Gasteiger partial charge in [0, 0.05) is 0 Å². The fraction of sp³-hybridized carbons (Fsp3) is 1.00. The van der Waals surface area contributed by atoms with Crippen molar-refractivity contribution in [3.63, 3.8) is 0 Å². The third-order valence-corrected chi connectivity index (χ3v) is 2.56. The summed E-state index contributed by atoms with van der Waals surface area (Å²) in [5.74, 6) is 0. The van der Waals surface area contributed by atoms with E-state index in [1.807, 2.05) is 6.92 Å². The van der Waals surface area contributed by atoms with Crippen LogP contribution in [0.25, 0.3) is 0 Å². The molecular formula is C10H22O4. The molecule has 86 valence electrons. The van der Waals surface area contributed by atoms with Crippen molar-refractivity contribution in [2.24, 2.45) is 0 Å². The molecule has 0 aromatic heterocycles. The zero-order valence-electron chi connectivity index (χ0n) is 9.45. The molecule has 0 saturated carbocycles. The van der Waals surface area contributed by atoms with Gasteiger partial charge < -0.3 is 20.1 Å². The van der Waals surface area contributed by atoms with Crippen molar-refractivity contribution >= 4 is 0 Å². The zero-order valence-corrected chi connectivity index (χ0v) is 9.45. The van der Waals surface area contributed by atoms with Gasteiger partial charge >= 0.3 is 0 Å². The summed E-state index contributed by atoms with van der Waals surface area (Å²) < 4.78 is 5.01. The molecular weight excluding hydrogens is 184 g/mol. The largest absolute Gasteiger partial charge is 0.388 e. The second kappa shape index (κ2) is 5.07. The maximum absolute atomic E-state index is 9.60. The molecule has 3 atom stereocenters. The molecule has 0 rings (SSSR count). The van der Waals surface area contributed by atoms with Gasteiger partial charge in [-0.3, -0.25) is 0 Å². The predicted octanol–water partition coefficient (Wildman–Crippen LogP) is 0.643. The Kier molecular flexibility index (Phi) is 5.01. The summed E-state index contributed by atoms with van der Waals surface area (Å²) in [6.07, 6.45) is -0.332. The number of rotatable bonds is 6. The molecule has 0 aliphatic carbocycles. The molecule has 0 fully saturated rings. The molecule has 4 nitrogen and oxygen atoms in total. The molecule has 0 bridgehead atoms. The molecule has 0 radical (unpaired) electrons. The van der Waals surface area contributed by atoms with E-state index >= 15 is 0 Å². The minimum Gasteiger partial charge on any atom is -0.388 e. The summed E-state index contributed by atoms with van der Waals surface area (Å²) in [5.41, 5.74) is -2.21. The van der Waals surface area contributed by atoms with Crippen LogP contribution in [0.4, 0.5) is 0 Å². The van der Waals surface area contributed by atoms with Crippen molar-refractivity contribution in [2.75, 3.05) is 6.61 Å². The zero-order chi connectivity index (χ0) is 11.4. The number of aliphatic hydroxyl groups excluding tert-OH is 1. The lowest BCUT2D eigenvalue weighted by Gasteiger charge is -2.30.